The van der Waals surface area contributed by atoms with Gasteiger partial charge in [0.1, 0.15) is 0 Å². The van der Waals surface area contributed by atoms with E-state index >= 15 is 0 Å². The molecular formula is C15H10O3. The Labute approximate surface area is 103 Å². The molecule has 1 saturated heterocycles. The van der Waals surface area contributed by atoms with E-state index in [1.54, 1.807) is 24.3 Å². The van der Waals surface area contributed by atoms with Crippen molar-refractivity contribution in [3.63, 3.8) is 0 Å². The van der Waals surface area contributed by atoms with E-state index in [2.05, 4.69) is 12.2 Å². The van der Waals surface area contributed by atoms with Crippen LogP contribution in [0.25, 0.3) is 0 Å². The Bertz CT molecular complexity index is 619. The number of hydrogen-bond donors (Lipinski definition) is 0. The van der Waals surface area contributed by atoms with E-state index in [-0.39, 0.29) is 23.4 Å². The lowest BCUT2D eigenvalue weighted by atomic mass is 9.69. The van der Waals surface area contributed by atoms with E-state index in [1.165, 1.54) is 0 Å². The van der Waals surface area contributed by atoms with Gasteiger partial charge in [-0.2, -0.15) is 0 Å². The van der Waals surface area contributed by atoms with Gasteiger partial charge in [-0.3, -0.25) is 9.59 Å². The van der Waals surface area contributed by atoms with Crippen molar-refractivity contribution in [3.05, 3.63) is 47.5 Å². The Hall–Kier alpha value is -1.74. The highest BCUT2D eigenvalue weighted by Crippen LogP contribution is 2.72. The molecule has 0 spiro atoms. The van der Waals surface area contributed by atoms with Crippen molar-refractivity contribution >= 4 is 11.6 Å². The number of carbonyl (C=O) groups is 2. The molecule has 1 heterocycles. The number of epoxide rings is 1. The summed E-state index contributed by atoms with van der Waals surface area (Å²) >= 11 is 0. The molecule has 3 nitrogen and oxygen atoms in total. The first-order valence-corrected chi connectivity index (χ1v) is 6.29. The molecule has 0 radical (unpaired) electrons. The number of benzene rings is 1. The molecule has 1 aromatic rings. The molecule has 0 unspecified atom stereocenters. The fourth-order valence-corrected chi connectivity index (χ4v) is 4.28. The van der Waals surface area contributed by atoms with Crippen molar-refractivity contribution in [1.29, 1.82) is 0 Å². The van der Waals surface area contributed by atoms with Crippen molar-refractivity contribution in [2.24, 2.45) is 11.8 Å². The summed E-state index contributed by atoms with van der Waals surface area (Å²) in [4.78, 5) is 25.4. The van der Waals surface area contributed by atoms with E-state index in [1.807, 2.05) is 0 Å². The average molecular weight is 238 g/mol. The molecular weight excluding hydrogens is 228 g/mol. The quantitative estimate of drug-likeness (QED) is 0.511. The molecule has 5 rings (SSSR count). The van der Waals surface area contributed by atoms with Crippen LogP contribution in [0.1, 0.15) is 27.1 Å². The van der Waals surface area contributed by atoms with Crippen LogP contribution in [-0.2, 0) is 4.74 Å². The zero-order valence-corrected chi connectivity index (χ0v) is 9.55. The summed E-state index contributed by atoms with van der Waals surface area (Å²) in [6.45, 7) is 0. The number of hydrogen-bond acceptors (Lipinski definition) is 3. The van der Waals surface area contributed by atoms with E-state index in [9.17, 15) is 9.59 Å². The van der Waals surface area contributed by atoms with Crippen molar-refractivity contribution in [1.82, 2.24) is 0 Å². The Morgan fingerprint density at radius 3 is 1.94 bits per heavy atom. The topological polar surface area (TPSA) is 46.7 Å². The minimum Gasteiger partial charge on any atom is -0.344 e. The standard InChI is InChI=1S/C15H10O3/c16-12-10-3-1-2-4-11(10)13(17)15-9-6-5-8(7-9)14(12,15)18-15/h1-6,8-9H,7H2/t8-,9-,14-,15-/m0/s1. The van der Waals surface area contributed by atoms with Gasteiger partial charge in [0.15, 0.2) is 22.8 Å². The highest BCUT2D eigenvalue weighted by molar-refractivity contribution is 6.26. The van der Waals surface area contributed by atoms with Gasteiger partial charge in [0.25, 0.3) is 0 Å². The molecule has 18 heavy (non-hydrogen) atoms. The Morgan fingerprint density at radius 2 is 1.44 bits per heavy atom. The molecule has 88 valence electrons. The van der Waals surface area contributed by atoms with Crippen molar-refractivity contribution in [3.8, 4) is 0 Å². The number of carbonyl (C=O) groups excluding carboxylic acids is 2. The summed E-state index contributed by atoms with van der Waals surface area (Å²) in [5.41, 5.74) is -0.622. The number of Topliss-reactive ketones (excluding diaryl/α,β-unsaturated/α-hetero) is 2. The van der Waals surface area contributed by atoms with E-state index in [0.717, 1.165) is 6.42 Å². The van der Waals surface area contributed by atoms with Crippen LogP contribution in [0.2, 0.25) is 0 Å². The normalized spacial score (nSPS) is 45.8. The summed E-state index contributed by atoms with van der Waals surface area (Å²) in [5.74, 6) is 0.198. The SMILES string of the molecule is O=C1c2ccccc2C(=O)[C@]23O[C@@]12[C@H]1C=C[C@H]3C1. The van der Waals surface area contributed by atoms with Crippen LogP contribution in [0.3, 0.4) is 0 Å². The average Bonchev–Trinajstić information content (AvgIpc) is 2.82. The number of fused-ring (bicyclic) bond motifs is 3. The molecule has 2 bridgehead atoms. The highest BCUT2D eigenvalue weighted by Gasteiger charge is 2.89. The van der Waals surface area contributed by atoms with Gasteiger partial charge in [-0.05, 0) is 6.42 Å². The highest BCUT2D eigenvalue weighted by atomic mass is 16.6. The van der Waals surface area contributed by atoms with Gasteiger partial charge in [-0.15, -0.1) is 0 Å². The molecule has 1 aromatic carbocycles. The van der Waals surface area contributed by atoms with Crippen LogP contribution in [-0.4, -0.2) is 22.8 Å². The predicted molar refractivity (Wildman–Crippen MR) is 62.4 cm³/mol. The van der Waals surface area contributed by atoms with Crippen molar-refractivity contribution in [2.45, 2.75) is 17.6 Å². The molecule has 0 N–H and O–H groups in total. The molecule has 4 aliphatic rings. The first-order valence-electron chi connectivity index (χ1n) is 6.29. The molecule has 0 amide bonds. The monoisotopic (exact) mass is 238 g/mol. The molecule has 1 saturated carbocycles. The third kappa shape index (κ3) is 0.627. The number of ketones is 2. The second-order valence-electron chi connectivity index (χ2n) is 5.61. The van der Waals surface area contributed by atoms with Crippen LogP contribution in [0.5, 0.6) is 0 Å². The summed E-state index contributed by atoms with van der Waals surface area (Å²) in [7, 11) is 0. The second kappa shape index (κ2) is 2.36. The minimum atomic E-state index is -0.849. The molecule has 4 atom stereocenters. The number of ether oxygens (including phenoxy) is 1. The van der Waals surface area contributed by atoms with E-state index < -0.39 is 11.2 Å². The van der Waals surface area contributed by atoms with Crippen LogP contribution in [0, 0.1) is 11.8 Å². The fraction of sp³-hybridized carbons (Fsp3) is 0.333. The van der Waals surface area contributed by atoms with Gasteiger partial charge in [0, 0.05) is 23.0 Å². The molecule has 0 aromatic heterocycles. The molecule has 3 aliphatic carbocycles. The smallest absolute Gasteiger partial charge is 0.199 e. The van der Waals surface area contributed by atoms with Gasteiger partial charge in [0.05, 0.1) is 0 Å². The molecule has 2 fully saturated rings. The van der Waals surface area contributed by atoms with Crippen molar-refractivity contribution < 1.29 is 14.3 Å². The van der Waals surface area contributed by atoms with E-state index in [0.29, 0.717) is 11.1 Å². The Kier molecular flexibility index (Phi) is 1.21. The molecule has 1 aliphatic heterocycles. The summed E-state index contributed by atoms with van der Waals surface area (Å²) in [5, 5.41) is 0. The lowest BCUT2D eigenvalue weighted by Gasteiger charge is -2.25. The third-order valence-electron chi connectivity index (χ3n) is 5.05. The zero-order valence-electron chi connectivity index (χ0n) is 9.55. The van der Waals surface area contributed by atoms with Crippen LogP contribution < -0.4 is 0 Å². The first-order chi connectivity index (χ1) is 8.72. The third-order valence-corrected chi connectivity index (χ3v) is 5.05. The minimum absolute atomic E-state index is 0.00884. The summed E-state index contributed by atoms with van der Waals surface area (Å²) in [6, 6.07) is 7.09. The first kappa shape index (κ1) is 9.22. The second-order valence-corrected chi connectivity index (χ2v) is 5.61. The Balaban J connectivity index is 1.86. The summed E-state index contributed by atoms with van der Waals surface area (Å²) in [6.07, 6.45) is 4.98. The summed E-state index contributed by atoms with van der Waals surface area (Å²) < 4.78 is 5.82. The van der Waals surface area contributed by atoms with Gasteiger partial charge < -0.3 is 4.74 Å². The zero-order chi connectivity index (χ0) is 12.1. The van der Waals surface area contributed by atoms with Crippen LogP contribution >= 0.6 is 0 Å². The van der Waals surface area contributed by atoms with Gasteiger partial charge in [-0.1, -0.05) is 36.4 Å². The lowest BCUT2D eigenvalue weighted by Crippen LogP contribution is -2.47. The van der Waals surface area contributed by atoms with E-state index in [4.69, 9.17) is 4.74 Å². The van der Waals surface area contributed by atoms with Crippen molar-refractivity contribution in [2.75, 3.05) is 0 Å². The van der Waals surface area contributed by atoms with Gasteiger partial charge in [-0.25, -0.2) is 0 Å². The maximum Gasteiger partial charge on any atom is 0.199 e. The van der Waals surface area contributed by atoms with Crippen LogP contribution in [0.4, 0.5) is 0 Å². The maximum absolute atomic E-state index is 12.7. The number of rotatable bonds is 0. The predicted octanol–water partition coefficient (Wildman–Crippen LogP) is 1.78. The Morgan fingerprint density at radius 1 is 0.944 bits per heavy atom. The maximum atomic E-state index is 12.7. The van der Waals surface area contributed by atoms with Gasteiger partial charge >= 0.3 is 0 Å². The largest absolute Gasteiger partial charge is 0.344 e. The molecule has 3 heteroatoms. The van der Waals surface area contributed by atoms with Gasteiger partial charge in [0.2, 0.25) is 0 Å². The lowest BCUT2D eigenvalue weighted by molar-refractivity contribution is 0.0811. The fourth-order valence-electron chi connectivity index (χ4n) is 4.28. The van der Waals surface area contributed by atoms with Crippen LogP contribution in [0.15, 0.2) is 36.4 Å².